The number of hydrogen-bond donors (Lipinski definition) is 2. The molecule has 7 nitrogen and oxygen atoms in total. The van der Waals surface area contributed by atoms with Crippen molar-refractivity contribution >= 4 is 27.8 Å². The third-order valence-corrected chi connectivity index (χ3v) is 7.00. The summed E-state index contributed by atoms with van der Waals surface area (Å²) >= 11 is 0. The average molecular weight is 486 g/mol. The lowest BCUT2D eigenvalue weighted by Gasteiger charge is -2.26. The monoisotopic (exact) mass is 485 g/mol. The van der Waals surface area contributed by atoms with Crippen LogP contribution in [0.4, 0.5) is 5.69 Å². The fraction of sp³-hybridized carbons (Fsp3) is 0.0370. The Morgan fingerprint density at radius 1 is 0.829 bits per heavy atom. The van der Waals surface area contributed by atoms with Crippen LogP contribution in [-0.4, -0.2) is 25.6 Å². The lowest BCUT2D eigenvalue weighted by Crippen LogP contribution is -2.33. The summed E-state index contributed by atoms with van der Waals surface area (Å²) in [5.74, 6) is -0.567. The van der Waals surface area contributed by atoms with E-state index in [2.05, 4.69) is 10.5 Å². The fourth-order valence-electron chi connectivity index (χ4n) is 3.47. The first-order valence-electron chi connectivity index (χ1n) is 10.8. The molecule has 0 radical (unpaired) electrons. The zero-order chi connectivity index (χ0) is 24.7. The van der Waals surface area contributed by atoms with Gasteiger partial charge in [-0.15, -0.1) is 0 Å². The molecule has 1 amide bonds. The molecule has 0 heterocycles. The lowest BCUT2D eigenvalue weighted by atomic mass is 10.1. The first-order chi connectivity index (χ1) is 17.0. The summed E-state index contributed by atoms with van der Waals surface area (Å²) in [7, 11) is -4.00. The second-order valence-electron chi connectivity index (χ2n) is 7.59. The van der Waals surface area contributed by atoms with E-state index < -0.39 is 15.9 Å². The van der Waals surface area contributed by atoms with Crippen molar-refractivity contribution in [1.82, 2.24) is 5.43 Å². The molecule has 0 aliphatic carbocycles. The first-order valence-corrected chi connectivity index (χ1v) is 12.2. The number of aromatic hydroxyl groups is 1. The van der Waals surface area contributed by atoms with E-state index in [1.54, 1.807) is 60.7 Å². The highest BCUT2D eigenvalue weighted by Crippen LogP contribution is 2.29. The minimum Gasteiger partial charge on any atom is -0.507 e. The van der Waals surface area contributed by atoms with Gasteiger partial charge in [0, 0.05) is 5.56 Å². The maximum atomic E-state index is 13.7. The zero-order valence-electron chi connectivity index (χ0n) is 18.7. The van der Waals surface area contributed by atoms with Crippen LogP contribution in [0.25, 0.3) is 0 Å². The Kier molecular flexibility index (Phi) is 7.23. The number of benzene rings is 4. The van der Waals surface area contributed by atoms with Crippen LogP contribution >= 0.6 is 0 Å². The highest BCUT2D eigenvalue weighted by atomic mass is 32.2. The third kappa shape index (κ3) is 5.56. The van der Waals surface area contributed by atoms with Gasteiger partial charge in [0.2, 0.25) is 0 Å². The summed E-state index contributed by atoms with van der Waals surface area (Å²) in [5, 5.41) is 13.8. The van der Waals surface area contributed by atoms with Gasteiger partial charge in [-0.3, -0.25) is 9.10 Å². The Morgan fingerprint density at radius 2 is 1.43 bits per heavy atom. The maximum absolute atomic E-state index is 13.7. The molecule has 8 heteroatoms. The third-order valence-electron chi connectivity index (χ3n) is 5.22. The number of sulfonamides is 1. The predicted octanol–water partition coefficient (Wildman–Crippen LogP) is 4.55. The van der Waals surface area contributed by atoms with Crippen LogP contribution in [0, 0.1) is 0 Å². The molecule has 2 N–H and O–H groups in total. The van der Waals surface area contributed by atoms with Crippen molar-refractivity contribution in [2.75, 3.05) is 4.31 Å². The lowest BCUT2D eigenvalue weighted by molar-refractivity contribution is 0.0955. The molecule has 0 fully saturated rings. The van der Waals surface area contributed by atoms with Gasteiger partial charge in [-0.2, -0.15) is 5.10 Å². The van der Waals surface area contributed by atoms with Crippen LogP contribution in [0.5, 0.6) is 5.75 Å². The number of nitrogens with one attached hydrogen (secondary N) is 1. The summed E-state index contributed by atoms with van der Waals surface area (Å²) < 4.78 is 28.6. The van der Waals surface area contributed by atoms with Crippen LogP contribution in [0.1, 0.15) is 21.5 Å². The topological polar surface area (TPSA) is 99.1 Å². The Labute approximate surface area is 204 Å². The molecule has 4 aromatic rings. The highest BCUT2D eigenvalue weighted by molar-refractivity contribution is 7.92. The van der Waals surface area contributed by atoms with Gasteiger partial charge in [-0.25, -0.2) is 13.8 Å². The number of carbonyl (C=O) groups excluding carboxylic acids is 1. The molecule has 0 aliphatic rings. The fourth-order valence-corrected chi connectivity index (χ4v) is 4.96. The van der Waals surface area contributed by atoms with Gasteiger partial charge in [0.25, 0.3) is 15.9 Å². The van der Waals surface area contributed by atoms with Gasteiger partial charge in [-0.05, 0) is 42.0 Å². The van der Waals surface area contributed by atoms with Crippen molar-refractivity contribution in [3.8, 4) is 5.75 Å². The molecule has 0 saturated heterocycles. The molecule has 0 unspecified atom stereocenters. The summed E-state index contributed by atoms with van der Waals surface area (Å²) in [6.45, 7) is 0.0313. The van der Waals surface area contributed by atoms with Crippen molar-refractivity contribution < 1.29 is 18.3 Å². The number of anilines is 1. The summed E-state index contributed by atoms with van der Waals surface area (Å²) in [4.78, 5) is 13.2. The van der Waals surface area contributed by atoms with E-state index >= 15 is 0 Å². The molecular weight excluding hydrogens is 462 g/mol. The molecule has 4 rings (SSSR count). The molecule has 0 aliphatic heterocycles. The quantitative estimate of drug-likeness (QED) is 0.282. The van der Waals surface area contributed by atoms with Gasteiger partial charge in [0.1, 0.15) is 5.75 Å². The van der Waals surface area contributed by atoms with Crippen LogP contribution in [0.2, 0.25) is 0 Å². The smallest absolute Gasteiger partial charge is 0.273 e. The Morgan fingerprint density at radius 3 is 2.14 bits per heavy atom. The Bertz CT molecular complexity index is 1440. The minimum absolute atomic E-state index is 0.0221. The van der Waals surface area contributed by atoms with Gasteiger partial charge in [0.15, 0.2) is 0 Å². The van der Waals surface area contributed by atoms with Gasteiger partial charge >= 0.3 is 0 Å². The molecule has 0 spiro atoms. The number of carbonyl (C=O) groups is 1. The summed E-state index contributed by atoms with van der Waals surface area (Å²) in [6, 6.07) is 30.3. The average Bonchev–Trinajstić information content (AvgIpc) is 2.89. The van der Waals surface area contributed by atoms with Crippen LogP contribution in [0.15, 0.2) is 119 Å². The Hall–Kier alpha value is -4.43. The number of amides is 1. The molecule has 176 valence electrons. The molecule has 0 bridgehead atoms. The van der Waals surface area contributed by atoms with Crippen LogP contribution in [0.3, 0.4) is 0 Å². The minimum atomic E-state index is -4.00. The van der Waals surface area contributed by atoms with E-state index in [1.165, 1.54) is 28.7 Å². The SMILES string of the molecule is O=C(N/N=C/c1ccccc1O)c1ccccc1N(Cc1ccccc1)S(=O)(=O)c1ccccc1. The second-order valence-corrected chi connectivity index (χ2v) is 9.45. The first kappa shape index (κ1) is 23.7. The number of para-hydroxylation sites is 2. The highest BCUT2D eigenvalue weighted by Gasteiger charge is 2.28. The summed E-state index contributed by atoms with van der Waals surface area (Å²) in [6.07, 6.45) is 1.32. The van der Waals surface area contributed by atoms with E-state index in [-0.39, 0.29) is 28.4 Å². The van der Waals surface area contributed by atoms with Crippen molar-refractivity contribution in [1.29, 1.82) is 0 Å². The largest absolute Gasteiger partial charge is 0.507 e. The van der Waals surface area contributed by atoms with Crippen LogP contribution in [-0.2, 0) is 16.6 Å². The molecular formula is C27H23N3O4S. The van der Waals surface area contributed by atoms with Gasteiger partial charge in [-0.1, -0.05) is 72.8 Å². The molecule has 0 aromatic heterocycles. The van der Waals surface area contributed by atoms with E-state index in [4.69, 9.17) is 0 Å². The standard InChI is InChI=1S/C27H23N3O4S/c31-26-18-10-7-13-22(26)19-28-29-27(32)24-16-8-9-17-25(24)30(20-21-11-3-1-4-12-21)35(33,34)23-14-5-2-6-15-23/h1-19,31H,20H2,(H,29,32)/b28-19+. The van der Waals surface area contributed by atoms with E-state index in [0.29, 0.717) is 5.56 Å². The maximum Gasteiger partial charge on any atom is 0.273 e. The van der Waals surface area contributed by atoms with Crippen molar-refractivity contribution in [3.05, 3.63) is 126 Å². The van der Waals surface area contributed by atoms with E-state index in [9.17, 15) is 18.3 Å². The molecule has 0 atom stereocenters. The van der Waals surface area contributed by atoms with Crippen LogP contribution < -0.4 is 9.73 Å². The second kappa shape index (κ2) is 10.7. The van der Waals surface area contributed by atoms with Crippen molar-refractivity contribution in [2.45, 2.75) is 11.4 Å². The zero-order valence-corrected chi connectivity index (χ0v) is 19.5. The summed E-state index contributed by atoms with van der Waals surface area (Å²) in [5.41, 5.74) is 3.97. The van der Waals surface area contributed by atoms with E-state index in [0.717, 1.165) is 5.56 Å². The van der Waals surface area contributed by atoms with Crippen molar-refractivity contribution in [3.63, 3.8) is 0 Å². The van der Waals surface area contributed by atoms with Gasteiger partial charge in [0.05, 0.1) is 28.9 Å². The Balaban J connectivity index is 1.70. The number of hydrogen-bond acceptors (Lipinski definition) is 5. The number of phenolic OH excluding ortho intramolecular Hbond substituents is 1. The number of phenols is 1. The number of rotatable bonds is 8. The molecule has 0 saturated carbocycles. The van der Waals surface area contributed by atoms with Gasteiger partial charge < -0.3 is 5.11 Å². The number of nitrogens with zero attached hydrogens (tertiary/aromatic N) is 2. The predicted molar refractivity (Wildman–Crippen MR) is 136 cm³/mol. The molecule has 4 aromatic carbocycles. The normalized spacial score (nSPS) is 11.3. The number of hydrazone groups is 1. The van der Waals surface area contributed by atoms with Crippen molar-refractivity contribution in [2.24, 2.45) is 5.10 Å². The van der Waals surface area contributed by atoms with E-state index in [1.807, 2.05) is 30.3 Å². The molecule has 35 heavy (non-hydrogen) atoms.